The second-order valence-electron chi connectivity index (χ2n) is 9.00. The standard InChI is InChI=1S/C22H30N10O/c1-22(5-6-23)15-31(16-22)18-4-3-7-32-20(18)27-21(28-32)26-17(12-24)13-25-14-19(33)30-10-8-29(2)9-11-30/h3-4,7,12-13H,5,8-11,14-16,24H2,1-2H3,(H,26,28). The number of fused-ring (bicyclic) bond motifs is 1. The van der Waals surface area contributed by atoms with Gasteiger partial charge >= 0.3 is 0 Å². The molecular weight excluding hydrogens is 420 g/mol. The summed E-state index contributed by atoms with van der Waals surface area (Å²) in [5.41, 5.74) is 7.95. The minimum absolute atomic E-state index is 0.00386. The number of rotatable bonds is 7. The van der Waals surface area contributed by atoms with Crippen molar-refractivity contribution in [2.75, 3.05) is 63.1 Å². The molecule has 0 spiro atoms. The van der Waals surface area contributed by atoms with Crippen LogP contribution in [-0.2, 0) is 4.79 Å². The van der Waals surface area contributed by atoms with Gasteiger partial charge in [0.15, 0.2) is 5.65 Å². The van der Waals surface area contributed by atoms with Crippen LogP contribution in [0.4, 0.5) is 11.6 Å². The molecule has 2 aliphatic heterocycles. The number of piperazine rings is 1. The number of hydrogen-bond acceptors (Lipinski definition) is 9. The number of carbonyl (C=O) groups excluding carboxylic acids is 1. The number of pyridine rings is 1. The fourth-order valence-corrected chi connectivity index (χ4v) is 4.16. The molecule has 2 aromatic rings. The number of allylic oxidation sites excluding steroid dienone is 1. The smallest absolute Gasteiger partial charge is 0.247 e. The van der Waals surface area contributed by atoms with Crippen LogP contribution in [0.15, 0.2) is 35.2 Å². The predicted molar refractivity (Wildman–Crippen MR) is 127 cm³/mol. The van der Waals surface area contributed by atoms with Gasteiger partial charge in [0.05, 0.1) is 17.5 Å². The maximum atomic E-state index is 12.3. The van der Waals surface area contributed by atoms with Crippen molar-refractivity contribution >= 4 is 29.4 Å². The number of hydrogen-bond donors (Lipinski definition) is 2. The van der Waals surface area contributed by atoms with Crippen molar-refractivity contribution < 1.29 is 4.79 Å². The number of likely N-dealkylation sites (N-methyl/N-ethyl adjacent to an activating group) is 1. The summed E-state index contributed by atoms with van der Waals surface area (Å²) in [5, 5.41) is 16.6. The number of nitriles is 1. The molecule has 0 saturated carbocycles. The van der Waals surface area contributed by atoms with E-state index in [0.29, 0.717) is 18.1 Å². The molecule has 0 atom stereocenters. The Bertz CT molecular complexity index is 1100. The van der Waals surface area contributed by atoms with Crippen molar-refractivity contribution in [2.24, 2.45) is 16.1 Å². The number of nitrogens with zero attached hydrogens (tertiary/aromatic N) is 8. The van der Waals surface area contributed by atoms with Crippen molar-refractivity contribution in [1.29, 1.82) is 5.26 Å². The highest BCUT2D eigenvalue weighted by atomic mass is 16.2. The van der Waals surface area contributed by atoms with Gasteiger partial charge in [-0.1, -0.05) is 6.92 Å². The van der Waals surface area contributed by atoms with Crippen LogP contribution >= 0.6 is 0 Å². The monoisotopic (exact) mass is 450 g/mol. The van der Waals surface area contributed by atoms with Gasteiger partial charge in [-0.05, 0) is 19.2 Å². The molecular formula is C22H30N10O. The van der Waals surface area contributed by atoms with Gasteiger partial charge in [0.2, 0.25) is 11.9 Å². The molecule has 0 bridgehead atoms. The van der Waals surface area contributed by atoms with E-state index in [9.17, 15) is 4.79 Å². The quantitative estimate of drug-likeness (QED) is 0.584. The molecule has 1 amide bonds. The lowest BCUT2D eigenvalue weighted by Gasteiger charge is -2.48. The van der Waals surface area contributed by atoms with E-state index >= 15 is 0 Å². The normalized spacial score (nSPS) is 19.0. The molecule has 11 heteroatoms. The van der Waals surface area contributed by atoms with Gasteiger partial charge in [-0.15, -0.1) is 5.10 Å². The zero-order valence-electron chi connectivity index (χ0n) is 19.1. The summed E-state index contributed by atoms with van der Waals surface area (Å²) >= 11 is 0. The summed E-state index contributed by atoms with van der Waals surface area (Å²) < 4.78 is 1.71. The van der Waals surface area contributed by atoms with Gasteiger partial charge < -0.3 is 25.8 Å². The first-order chi connectivity index (χ1) is 15.9. The fourth-order valence-electron chi connectivity index (χ4n) is 4.16. The van der Waals surface area contributed by atoms with Crippen LogP contribution in [0, 0.1) is 16.7 Å². The molecule has 2 fully saturated rings. The van der Waals surface area contributed by atoms with Crippen LogP contribution in [0.5, 0.6) is 0 Å². The van der Waals surface area contributed by atoms with Crippen LogP contribution in [0.25, 0.3) is 5.65 Å². The number of aromatic nitrogens is 3. The summed E-state index contributed by atoms with van der Waals surface area (Å²) in [5.74, 6) is 0.389. The van der Waals surface area contributed by atoms with Crippen LogP contribution in [0.1, 0.15) is 13.3 Å². The lowest BCUT2D eigenvalue weighted by Crippen LogP contribution is -2.54. The fraction of sp³-hybridized carbons (Fsp3) is 0.500. The van der Waals surface area contributed by atoms with Crippen molar-refractivity contribution in [3.63, 3.8) is 0 Å². The Morgan fingerprint density at radius 2 is 2.12 bits per heavy atom. The lowest BCUT2D eigenvalue weighted by atomic mass is 9.79. The maximum Gasteiger partial charge on any atom is 0.247 e. The van der Waals surface area contributed by atoms with Crippen molar-refractivity contribution in [1.82, 2.24) is 24.4 Å². The van der Waals surface area contributed by atoms with Crippen LogP contribution in [-0.4, -0.2) is 89.4 Å². The third-order valence-corrected chi connectivity index (χ3v) is 6.08. The Morgan fingerprint density at radius 1 is 1.36 bits per heavy atom. The first-order valence-electron chi connectivity index (χ1n) is 11.0. The molecule has 0 radical (unpaired) electrons. The van der Waals surface area contributed by atoms with Gasteiger partial charge in [-0.2, -0.15) is 10.2 Å². The highest BCUT2D eigenvalue weighted by Gasteiger charge is 2.39. The average Bonchev–Trinajstić information content (AvgIpc) is 3.20. The van der Waals surface area contributed by atoms with E-state index in [4.69, 9.17) is 11.0 Å². The molecule has 2 saturated heterocycles. The highest BCUT2D eigenvalue weighted by Crippen LogP contribution is 2.37. The van der Waals surface area contributed by atoms with E-state index in [1.807, 2.05) is 23.2 Å². The molecule has 4 heterocycles. The summed E-state index contributed by atoms with van der Waals surface area (Å²) in [6, 6.07) is 6.20. The van der Waals surface area contributed by atoms with Gasteiger partial charge in [-0.3, -0.25) is 9.79 Å². The molecule has 3 N–H and O–H groups in total. The molecule has 174 valence electrons. The van der Waals surface area contributed by atoms with Gasteiger partial charge in [0.1, 0.15) is 6.54 Å². The first kappa shape index (κ1) is 22.5. The zero-order chi connectivity index (χ0) is 23.4. The maximum absolute atomic E-state index is 12.3. The Hall–Kier alpha value is -3.65. The number of aliphatic imine (C=N–C) groups is 1. The second kappa shape index (κ2) is 9.46. The van der Waals surface area contributed by atoms with E-state index in [1.54, 1.807) is 4.52 Å². The lowest BCUT2D eigenvalue weighted by molar-refractivity contribution is -0.131. The number of carbonyl (C=O) groups is 1. The first-order valence-corrected chi connectivity index (χ1v) is 11.0. The van der Waals surface area contributed by atoms with E-state index in [0.717, 1.165) is 50.6 Å². The second-order valence-corrected chi connectivity index (χ2v) is 9.00. The topological polar surface area (TPSA) is 131 Å². The van der Waals surface area contributed by atoms with Crippen molar-refractivity contribution in [3.8, 4) is 6.07 Å². The molecule has 2 aromatic heterocycles. The minimum Gasteiger partial charge on any atom is -0.403 e. The summed E-state index contributed by atoms with van der Waals surface area (Å²) in [6.45, 7) is 7.00. The van der Waals surface area contributed by atoms with Crippen LogP contribution in [0.2, 0.25) is 0 Å². The molecule has 11 nitrogen and oxygen atoms in total. The number of nitrogens with one attached hydrogen (secondary N) is 1. The summed E-state index contributed by atoms with van der Waals surface area (Å²) in [7, 11) is 2.05. The van der Waals surface area contributed by atoms with Crippen LogP contribution < -0.4 is 16.0 Å². The minimum atomic E-state index is 0.00386. The van der Waals surface area contributed by atoms with Gasteiger partial charge in [-0.25, -0.2) is 4.52 Å². The SMILES string of the molecule is CN1CCN(C(=O)CN=CC(=CN)Nc2nc3c(N4CC(C)(CC#N)C4)cccn3n2)CC1. The third-order valence-electron chi connectivity index (χ3n) is 6.08. The Morgan fingerprint density at radius 3 is 2.82 bits per heavy atom. The van der Waals surface area contributed by atoms with E-state index in [2.05, 4.69) is 50.2 Å². The Labute approximate surface area is 193 Å². The zero-order valence-corrected chi connectivity index (χ0v) is 19.1. The van der Waals surface area contributed by atoms with Gasteiger partial charge in [0, 0.05) is 69.7 Å². The van der Waals surface area contributed by atoms with Crippen LogP contribution in [0.3, 0.4) is 0 Å². The average molecular weight is 451 g/mol. The van der Waals surface area contributed by atoms with E-state index < -0.39 is 0 Å². The third kappa shape index (κ3) is 5.06. The summed E-state index contributed by atoms with van der Waals surface area (Å²) in [4.78, 5) is 27.5. The number of amides is 1. The Kier molecular flexibility index (Phi) is 6.46. The molecule has 2 aliphatic rings. The van der Waals surface area contributed by atoms with Crippen molar-refractivity contribution in [2.45, 2.75) is 13.3 Å². The summed E-state index contributed by atoms with van der Waals surface area (Å²) in [6.07, 6.45) is 5.27. The predicted octanol–water partition coefficient (Wildman–Crippen LogP) is 0.526. The molecule has 0 unspecified atom stereocenters. The number of nitrogens with two attached hydrogens (primary N) is 1. The highest BCUT2D eigenvalue weighted by molar-refractivity contribution is 5.86. The van der Waals surface area contributed by atoms with E-state index in [-0.39, 0.29) is 17.9 Å². The molecule has 0 aliphatic carbocycles. The van der Waals surface area contributed by atoms with E-state index in [1.165, 1.54) is 12.4 Å². The molecule has 33 heavy (non-hydrogen) atoms. The number of anilines is 2. The molecule has 4 rings (SSSR count). The van der Waals surface area contributed by atoms with Crippen molar-refractivity contribution in [3.05, 3.63) is 30.2 Å². The largest absolute Gasteiger partial charge is 0.403 e. The van der Waals surface area contributed by atoms with Gasteiger partial charge in [0.25, 0.3) is 0 Å². The molecule has 0 aromatic carbocycles. The Balaban J connectivity index is 1.38.